The highest BCUT2D eigenvalue weighted by atomic mass is 19.4. The molecule has 0 unspecified atom stereocenters. The fraction of sp³-hybridized carbons (Fsp3) is 0.304. The Balaban J connectivity index is 1.26. The summed E-state index contributed by atoms with van der Waals surface area (Å²) in [5, 5.41) is 0. The molecule has 3 aromatic rings. The van der Waals surface area contributed by atoms with Gasteiger partial charge >= 0.3 is 6.18 Å². The van der Waals surface area contributed by atoms with E-state index in [9.17, 15) is 18.0 Å². The first-order valence-electron chi connectivity index (χ1n) is 10.1. The standard InChI is InChI=1S/C23H22F3N3O2/c24-23(25,26)18-6-10-21(27-16-18)28-12-14-29(15-13-28)22(30)11-8-19-7-9-20(31-19)17-4-2-1-3-5-17/h1-7,9-10,16H,8,11-15H2. The monoisotopic (exact) mass is 429 g/mol. The first-order chi connectivity index (χ1) is 14.9. The number of carbonyl (C=O) groups is 1. The van der Waals surface area contributed by atoms with E-state index in [2.05, 4.69) is 4.98 Å². The molecule has 31 heavy (non-hydrogen) atoms. The molecule has 0 aliphatic carbocycles. The summed E-state index contributed by atoms with van der Waals surface area (Å²) in [5.74, 6) is 2.07. The van der Waals surface area contributed by atoms with Crippen molar-refractivity contribution in [1.82, 2.24) is 9.88 Å². The number of hydrogen-bond acceptors (Lipinski definition) is 4. The van der Waals surface area contributed by atoms with Gasteiger partial charge in [0.15, 0.2) is 0 Å². The topological polar surface area (TPSA) is 49.6 Å². The lowest BCUT2D eigenvalue weighted by atomic mass is 10.2. The van der Waals surface area contributed by atoms with Gasteiger partial charge in [-0.15, -0.1) is 0 Å². The maximum atomic E-state index is 12.7. The SMILES string of the molecule is O=C(CCc1ccc(-c2ccccc2)o1)N1CCN(c2ccc(C(F)(F)F)cn2)CC1. The lowest BCUT2D eigenvalue weighted by Crippen LogP contribution is -2.49. The van der Waals surface area contributed by atoms with Crippen LogP contribution in [0.5, 0.6) is 0 Å². The van der Waals surface area contributed by atoms with Gasteiger partial charge in [-0.05, 0) is 24.3 Å². The number of nitrogens with zero attached hydrogens (tertiary/aromatic N) is 3. The molecule has 0 N–H and O–H groups in total. The first-order valence-corrected chi connectivity index (χ1v) is 10.1. The molecule has 0 saturated carbocycles. The normalized spacial score (nSPS) is 14.7. The van der Waals surface area contributed by atoms with E-state index < -0.39 is 11.7 Å². The second-order valence-corrected chi connectivity index (χ2v) is 7.40. The number of anilines is 1. The van der Waals surface area contributed by atoms with Crippen LogP contribution in [0.1, 0.15) is 17.7 Å². The van der Waals surface area contributed by atoms with Gasteiger partial charge in [-0.25, -0.2) is 4.98 Å². The molecule has 1 amide bonds. The van der Waals surface area contributed by atoms with Crippen LogP contribution in [0.25, 0.3) is 11.3 Å². The lowest BCUT2D eigenvalue weighted by Gasteiger charge is -2.35. The Morgan fingerprint density at radius 1 is 0.968 bits per heavy atom. The number of benzene rings is 1. The summed E-state index contributed by atoms with van der Waals surface area (Å²) in [4.78, 5) is 20.2. The van der Waals surface area contributed by atoms with Crippen molar-refractivity contribution in [2.45, 2.75) is 19.0 Å². The number of amides is 1. The van der Waals surface area contributed by atoms with Crippen molar-refractivity contribution in [2.75, 3.05) is 31.1 Å². The number of hydrogen-bond donors (Lipinski definition) is 0. The highest BCUT2D eigenvalue weighted by molar-refractivity contribution is 5.76. The first kappa shape index (κ1) is 21.0. The number of aryl methyl sites for hydroxylation is 1. The van der Waals surface area contributed by atoms with E-state index in [1.54, 1.807) is 4.90 Å². The van der Waals surface area contributed by atoms with Crippen LogP contribution in [0.3, 0.4) is 0 Å². The van der Waals surface area contributed by atoms with E-state index in [1.807, 2.05) is 47.4 Å². The van der Waals surface area contributed by atoms with Crippen molar-refractivity contribution in [3.05, 3.63) is 72.1 Å². The number of halogens is 3. The summed E-state index contributed by atoms with van der Waals surface area (Å²) in [6.07, 6.45) is -2.68. The molecule has 2 aromatic heterocycles. The lowest BCUT2D eigenvalue weighted by molar-refractivity contribution is -0.137. The molecule has 0 atom stereocenters. The number of rotatable bonds is 5. The zero-order valence-corrected chi connectivity index (χ0v) is 16.8. The third kappa shape index (κ3) is 5.07. The number of pyridine rings is 1. The van der Waals surface area contributed by atoms with Gasteiger partial charge in [0, 0.05) is 50.8 Å². The highest BCUT2D eigenvalue weighted by Crippen LogP contribution is 2.29. The molecule has 0 spiro atoms. The van der Waals surface area contributed by atoms with Gasteiger partial charge in [-0.3, -0.25) is 4.79 Å². The van der Waals surface area contributed by atoms with Crippen LogP contribution in [-0.2, 0) is 17.4 Å². The molecular formula is C23H22F3N3O2. The van der Waals surface area contributed by atoms with E-state index in [1.165, 1.54) is 6.07 Å². The van der Waals surface area contributed by atoms with Crippen LogP contribution in [0.15, 0.2) is 65.2 Å². The fourth-order valence-corrected chi connectivity index (χ4v) is 3.58. The van der Waals surface area contributed by atoms with E-state index in [-0.39, 0.29) is 5.91 Å². The third-order valence-electron chi connectivity index (χ3n) is 5.34. The largest absolute Gasteiger partial charge is 0.461 e. The molecule has 3 heterocycles. The minimum absolute atomic E-state index is 0.0395. The molecule has 5 nitrogen and oxygen atoms in total. The van der Waals surface area contributed by atoms with Crippen molar-refractivity contribution in [2.24, 2.45) is 0 Å². The van der Waals surface area contributed by atoms with Crippen LogP contribution >= 0.6 is 0 Å². The van der Waals surface area contributed by atoms with Crippen molar-refractivity contribution in [1.29, 1.82) is 0 Å². The van der Waals surface area contributed by atoms with Crippen LogP contribution in [0.4, 0.5) is 19.0 Å². The fourth-order valence-electron chi connectivity index (χ4n) is 3.58. The molecule has 1 saturated heterocycles. The second kappa shape index (κ2) is 8.83. The molecule has 4 rings (SSSR count). The molecule has 162 valence electrons. The molecule has 0 radical (unpaired) electrons. The predicted octanol–water partition coefficient (Wildman–Crippen LogP) is 4.64. The van der Waals surface area contributed by atoms with Crippen LogP contribution in [-0.4, -0.2) is 42.0 Å². The van der Waals surface area contributed by atoms with E-state index in [0.717, 1.165) is 29.3 Å². The molecule has 1 aliphatic rings. The van der Waals surface area contributed by atoms with Gasteiger partial charge in [0.25, 0.3) is 0 Å². The average molecular weight is 429 g/mol. The summed E-state index contributed by atoms with van der Waals surface area (Å²) in [6, 6.07) is 16.0. The molecule has 1 fully saturated rings. The van der Waals surface area contributed by atoms with Gasteiger partial charge in [0.2, 0.25) is 5.91 Å². The van der Waals surface area contributed by atoms with E-state index in [4.69, 9.17) is 4.42 Å². The zero-order chi connectivity index (χ0) is 21.8. The van der Waals surface area contributed by atoms with E-state index in [0.29, 0.717) is 44.8 Å². The number of carbonyl (C=O) groups excluding carboxylic acids is 1. The van der Waals surface area contributed by atoms with Crippen molar-refractivity contribution in [3.8, 4) is 11.3 Å². The highest BCUT2D eigenvalue weighted by Gasteiger charge is 2.31. The third-order valence-corrected chi connectivity index (χ3v) is 5.34. The van der Waals surface area contributed by atoms with Gasteiger partial charge in [0.1, 0.15) is 17.3 Å². The van der Waals surface area contributed by atoms with Crippen LogP contribution in [0.2, 0.25) is 0 Å². The van der Waals surface area contributed by atoms with Crippen molar-refractivity contribution in [3.63, 3.8) is 0 Å². The zero-order valence-electron chi connectivity index (χ0n) is 16.8. The number of aromatic nitrogens is 1. The number of furan rings is 1. The summed E-state index contributed by atoms with van der Waals surface area (Å²) in [5.41, 5.74) is 0.228. The summed E-state index contributed by atoms with van der Waals surface area (Å²) >= 11 is 0. The Morgan fingerprint density at radius 3 is 2.35 bits per heavy atom. The molecule has 8 heteroatoms. The predicted molar refractivity (Wildman–Crippen MR) is 110 cm³/mol. The minimum atomic E-state index is -4.40. The summed E-state index contributed by atoms with van der Waals surface area (Å²) in [6.45, 7) is 2.08. The van der Waals surface area contributed by atoms with Gasteiger partial charge < -0.3 is 14.2 Å². The second-order valence-electron chi connectivity index (χ2n) is 7.40. The van der Waals surface area contributed by atoms with Gasteiger partial charge in [-0.1, -0.05) is 30.3 Å². The van der Waals surface area contributed by atoms with Crippen molar-refractivity contribution < 1.29 is 22.4 Å². The molecule has 1 aliphatic heterocycles. The Morgan fingerprint density at radius 2 is 1.71 bits per heavy atom. The molecule has 1 aromatic carbocycles. The minimum Gasteiger partial charge on any atom is -0.461 e. The van der Waals surface area contributed by atoms with Gasteiger partial charge in [-0.2, -0.15) is 13.2 Å². The Hall–Kier alpha value is -3.29. The Labute approximate surface area is 178 Å². The maximum absolute atomic E-state index is 12.7. The van der Waals surface area contributed by atoms with Crippen LogP contribution in [0, 0.1) is 0 Å². The summed E-state index contributed by atoms with van der Waals surface area (Å²) < 4.78 is 43.9. The smallest absolute Gasteiger partial charge is 0.417 e. The van der Waals surface area contributed by atoms with Crippen LogP contribution < -0.4 is 4.90 Å². The Bertz CT molecular complexity index is 1010. The number of piperazine rings is 1. The summed E-state index contributed by atoms with van der Waals surface area (Å²) in [7, 11) is 0. The average Bonchev–Trinajstić information content (AvgIpc) is 3.27. The quantitative estimate of drug-likeness (QED) is 0.593. The number of alkyl halides is 3. The Kier molecular flexibility index (Phi) is 5.97. The maximum Gasteiger partial charge on any atom is 0.417 e. The van der Waals surface area contributed by atoms with Crippen molar-refractivity contribution >= 4 is 11.7 Å². The molecular weight excluding hydrogens is 407 g/mol. The molecule has 0 bridgehead atoms. The van der Waals surface area contributed by atoms with Gasteiger partial charge in [0.05, 0.1) is 5.56 Å². The van der Waals surface area contributed by atoms with E-state index >= 15 is 0 Å².